The summed E-state index contributed by atoms with van der Waals surface area (Å²) >= 11 is 1.13. The summed E-state index contributed by atoms with van der Waals surface area (Å²) in [6.07, 6.45) is 1.20. The van der Waals surface area contributed by atoms with Gasteiger partial charge in [-0.1, -0.05) is 30.3 Å². The SMILES string of the molecule is CN(C)c1ccc(C=O)cc1.Cc1ccc(C2(O)OC(=O)C(c3ccc4nsnc4c3)=C2Cc2ccc(N(C)C)cc2)cc1C. The van der Waals surface area contributed by atoms with Gasteiger partial charge in [-0.25, -0.2) is 4.79 Å². The van der Waals surface area contributed by atoms with E-state index >= 15 is 0 Å². The molecule has 1 aliphatic rings. The van der Waals surface area contributed by atoms with Crippen LogP contribution in [0.4, 0.5) is 11.4 Å². The number of cyclic esters (lactones) is 1. The molecular formula is C36H36N4O4S. The Morgan fingerprint density at radius 1 is 0.800 bits per heavy atom. The van der Waals surface area contributed by atoms with Crippen LogP contribution in [0.25, 0.3) is 16.6 Å². The fraction of sp³-hybridized carbons (Fsp3) is 0.222. The number of anilines is 2. The van der Waals surface area contributed by atoms with Crippen LogP contribution in [0.3, 0.4) is 0 Å². The van der Waals surface area contributed by atoms with Gasteiger partial charge in [0.05, 0.1) is 17.3 Å². The average Bonchev–Trinajstić information content (AvgIpc) is 3.60. The van der Waals surface area contributed by atoms with Gasteiger partial charge in [-0.3, -0.25) is 4.79 Å². The maximum Gasteiger partial charge on any atom is 0.342 e. The van der Waals surface area contributed by atoms with Crippen molar-refractivity contribution in [2.75, 3.05) is 38.0 Å². The summed E-state index contributed by atoms with van der Waals surface area (Å²) in [4.78, 5) is 27.5. The maximum absolute atomic E-state index is 13.3. The minimum atomic E-state index is -1.86. The standard InChI is InChI=1S/C27H25N3O3S.C9H11NO/c1-16-5-9-20(13-17(16)2)27(32)22(14-18-6-10-21(11-7-18)30(3)4)25(26(31)33-27)19-8-12-23-24(15-19)29-34-28-23;1-10(2)9-5-3-8(7-11)4-6-9/h5-13,15,32H,14H2,1-4H3;3-7H,1-2H3. The molecule has 8 nitrogen and oxygen atoms in total. The molecule has 1 N–H and O–H groups in total. The van der Waals surface area contributed by atoms with Gasteiger partial charge in [0.1, 0.15) is 17.3 Å². The predicted molar refractivity (Wildman–Crippen MR) is 181 cm³/mol. The van der Waals surface area contributed by atoms with E-state index in [2.05, 4.69) is 8.75 Å². The normalized spacial score (nSPS) is 15.8. The van der Waals surface area contributed by atoms with Crippen molar-refractivity contribution in [3.05, 3.63) is 124 Å². The molecule has 45 heavy (non-hydrogen) atoms. The third-order valence-corrected chi connectivity index (χ3v) is 8.53. The monoisotopic (exact) mass is 620 g/mol. The Balaban J connectivity index is 0.000000309. The van der Waals surface area contributed by atoms with Gasteiger partial charge < -0.3 is 19.6 Å². The molecule has 0 aliphatic carbocycles. The van der Waals surface area contributed by atoms with Gasteiger partial charge in [0.2, 0.25) is 0 Å². The third-order valence-electron chi connectivity index (χ3n) is 7.98. The molecule has 9 heteroatoms. The molecule has 0 radical (unpaired) electrons. The second kappa shape index (κ2) is 13.0. The van der Waals surface area contributed by atoms with Crippen molar-refractivity contribution >= 4 is 52.0 Å². The zero-order valence-corrected chi connectivity index (χ0v) is 27.1. The molecule has 1 aromatic heterocycles. The Labute approximate surface area is 267 Å². The number of carbonyl (C=O) groups excluding carboxylic acids is 2. The summed E-state index contributed by atoms with van der Waals surface area (Å²) < 4.78 is 14.3. The Bertz CT molecular complexity index is 1880. The highest BCUT2D eigenvalue weighted by molar-refractivity contribution is 7.00. The molecule has 1 aliphatic heterocycles. The first-order valence-electron chi connectivity index (χ1n) is 14.5. The van der Waals surface area contributed by atoms with E-state index in [4.69, 9.17) is 4.74 Å². The number of aromatic nitrogens is 2. The van der Waals surface area contributed by atoms with E-state index in [0.29, 0.717) is 34.2 Å². The lowest BCUT2D eigenvalue weighted by Gasteiger charge is -2.26. The fourth-order valence-corrected chi connectivity index (χ4v) is 5.65. The number of aliphatic hydroxyl groups is 1. The van der Waals surface area contributed by atoms with Crippen molar-refractivity contribution in [1.29, 1.82) is 0 Å². The first kappa shape index (κ1) is 31.6. The molecular weight excluding hydrogens is 584 g/mol. The van der Waals surface area contributed by atoms with Crippen molar-refractivity contribution in [3.8, 4) is 0 Å². The Kier molecular flexibility index (Phi) is 9.13. The van der Waals surface area contributed by atoms with Crippen molar-refractivity contribution in [2.45, 2.75) is 26.1 Å². The largest absolute Gasteiger partial charge is 0.421 e. The van der Waals surface area contributed by atoms with Gasteiger partial charge >= 0.3 is 5.97 Å². The molecule has 1 unspecified atom stereocenters. The van der Waals surface area contributed by atoms with Gasteiger partial charge in [-0.15, -0.1) is 0 Å². The zero-order chi connectivity index (χ0) is 32.3. The van der Waals surface area contributed by atoms with Crippen molar-refractivity contribution in [3.63, 3.8) is 0 Å². The molecule has 0 bridgehead atoms. The number of esters is 1. The minimum absolute atomic E-state index is 0.353. The molecule has 0 saturated heterocycles. The highest BCUT2D eigenvalue weighted by Crippen LogP contribution is 2.45. The minimum Gasteiger partial charge on any atom is -0.421 e. The van der Waals surface area contributed by atoms with Crippen molar-refractivity contribution in [2.24, 2.45) is 0 Å². The smallest absolute Gasteiger partial charge is 0.342 e. The number of rotatable bonds is 7. The van der Waals surface area contributed by atoms with Crippen LogP contribution in [0.2, 0.25) is 0 Å². The number of benzene rings is 4. The number of hydrogen-bond acceptors (Lipinski definition) is 9. The van der Waals surface area contributed by atoms with E-state index in [-0.39, 0.29) is 0 Å². The molecule has 6 rings (SSSR count). The van der Waals surface area contributed by atoms with Crippen LogP contribution in [0, 0.1) is 13.8 Å². The molecule has 0 fully saturated rings. The van der Waals surface area contributed by atoms with Crippen LogP contribution in [0.15, 0.2) is 90.5 Å². The highest BCUT2D eigenvalue weighted by atomic mass is 32.1. The topological polar surface area (TPSA) is 95.9 Å². The van der Waals surface area contributed by atoms with Gasteiger partial charge in [-0.05, 0) is 90.7 Å². The van der Waals surface area contributed by atoms with Crippen molar-refractivity contribution < 1.29 is 19.4 Å². The lowest BCUT2D eigenvalue weighted by atomic mass is 9.87. The lowest BCUT2D eigenvalue weighted by molar-refractivity contribution is -0.185. The van der Waals surface area contributed by atoms with Crippen LogP contribution < -0.4 is 9.80 Å². The summed E-state index contributed by atoms with van der Waals surface area (Å²) in [5, 5.41) is 11.9. The van der Waals surface area contributed by atoms with Gasteiger partial charge in [0.15, 0.2) is 0 Å². The average molecular weight is 621 g/mol. The maximum atomic E-state index is 13.3. The number of hydrogen-bond donors (Lipinski definition) is 1. The molecule has 0 amide bonds. The Hall–Kier alpha value is -4.86. The summed E-state index contributed by atoms with van der Waals surface area (Å²) in [6.45, 7) is 3.99. The summed E-state index contributed by atoms with van der Waals surface area (Å²) in [7, 11) is 7.91. The molecule has 0 saturated carbocycles. The third kappa shape index (κ3) is 6.64. The number of aldehydes is 1. The number of ether oxygens (including phenoxy) is 1. The van der Waals surface area contributed by atoms with E-state index in [9.17, 15) is 14.7 Å². The van der Waals surface area contributed by atoms with E-state index in [0.717, 1.165) is 57.2 Å². The van der Waals surface area contributed by atoms with Gasteiger partial charge in [-0.2, -0.15) is 8.75 Å². The van der Waals surface area contributed by atoms with Crippen LogP contribution in [-0.4, -0.2) is 54.3 Å². The molecule has 230 valence electrons. The first-order valence-corrected chi connectivity index (χ1v) is 15.2. The Morgan fingerprint density at radius 2 is 1.42 bits per heavy atom. The van der Waals surface area contributed by atoms with E-state index in [1.807, 2.05) is 137 Å². The summed E-state index contributed by atoms with van der Waals surface area (Å²) in [5.41, 5.74) is 9.53. The molecule has 2 heterocycles. The Morgan fingerprint density at radius 3 is 2.02 bits per heavy atom. The molecule has 5 aromatic rings. The predicted octanol–water partition coefficient (Wildman–Crippen LogP) is 6.34. The van der Waals surface area contributed by atoms with Crippen molar-refractivity contribution in [1.82, 2.24) is 8.75 Å². The molecule has 4 aromatic carbocycles. The molecule has 0 spiro atoms. The fourth-order valence-electron chi connectivity index (χ4n) is 5.13. The first-order chi connectivity index (χ1) is 21.5. The van der Waals surface area contributed by atoms with E-state index < -0.39 is 11.8 Å². The quantitative estimate of drug-likeness (QED) is 0.166. The second-order valence-electron chi connectivity index (χ2n) is 11.5. The van der Waals surface area contributed by atoms with Crippen LogP contribution in [0.5, 0.6) is 0 Å². The van der Waals surface area contributed by atoms with Gasteiger partial charge in [0, 0.05) is 62.7 Å². The number of fused-ring (bicyclic) bond motifs is 1. The van der Waals surface area contributed by atoms with E-state index in [1.165, 1.54) is 0 Å². The lowest BCUT2D eigenvalue weighted by Crippen LogP contribution is -2.30. The van der Waals surface area contributed by atoms with Crippen LogP contribution in [-0.2, 0) is 21.7 Å². The van der Waals surface area contributed by atoms with E-state index in [1.54, 1.807) is 0 Å². The summed E-state index contributed by atoms with van der Waals surface area (Å²) in [5.74, 6) is -2.41. The summed E-state index contributed by atoms with van der Waals surface area (Å²) in [6, 6.07) is 26.7. The highest BCUT2D eigenvalue weighted by Gasteiger charge is 2.48. The van der Waals surface area contributed by atoms with Crippen LogP contribution >= 0.6 is 11.7 Å². The number of aryl methyl sites for hydroxylation is 2. The second-order valence-corrected chi connectivity index (χ2v) is 12.0. The number of nitrogens with zero attached hydrogens (tertiary/aromatic N) is 4. The number of carbonyl (C=O) groups is 2. The zero-order valence-electron chi connectivity index (χ0n) is 26.2. The molecule has 1 atom stereocenters. The van der Waals surface area contributed by atoms with Gasteiger partial charge in [0.25, 0.3) is 5.79 Å². The van der Waals surface area contributed by atoms with Crippen LogP contribution in [0.1, 0.15) is 38.2 Å².